The maximum absolute atomic E-state index is 13.2. The summed E-state index contributed by atoms with van der Waals surface area (Å²) in [6.07, 6.45) is 0.177. The average Bonchev–Trinajstić information content (AvgIpc) is 2.56. The lowest BCUT2D eigenvalue weighted by Crippen LogP contribution is -2.39. The highest BCUT2D eigenvalue weighted by Gasteiger charge is 2.17. The van der Waals surface area contributed by atoms with Gasteiger partial charge in [0.05, 0.1) is 19.0 Å². The van der Waals surface area contributed by atoms with Crippen LogP contribution in [-0.2, 0) is 11.3 Å². The molecule has 0 aliphatic carbocycles. The largest absolute Gasteiger partial charge is 0.310 e. The van der Waals surface area contributed by atoms with E-state index in [0.29, 0.717) is 12.2 Å². The van der Waals surface area contributed by atoms with Crippen molar-refractivity contribution in [2.75, 3.05) is 25.0 Å². The number of halogens is 2. The van der Waals surface area contributed by atoms with Crippen LogP contribution < -0.4 is 4.90 Å². The molecule has 0 N–H and O–H groups in total. The lowest BCUT2D eigenvalue weighted by atomic mass is 10.2. The van der Waals surface area contributed by atoms with Crippen LogP contribution in [0.25, 0.3) is 0 Å². The minimum atomic E-state index is -0.389. The Labute approximate surface area is 145 Å². The van der Waals surface area contributed by atoms with Crippen molar-refractivity contribution in [3.05, 3.63) is 65.7 Å². The van der Waals surface area contributed by atoms with E-state index in [-0.39, 0.29) is 37.1 Å². The second-order valence-electron chi connectivity index (χ2n) is 5.73. The summed E-state index contributed by atoms with van der Waals surface area (Å²) in [7, 11) is 1.76. The molecule has 2 rings (SSSR count). The molecule has 0 unspecified atom stereocenters. The Hall–Kier alpha value is -2.78. The molecule has 1 amide bonds. The molecule has 0 aliphatic heterocycles. The van der Waals surface area contributed by atoms with E-state index < -0.39 is 0 Å². The van der Waals surface area contributed by atoms with Crippen LogP contribution in [0.4, 0.5) is 14.5 Å². The zero-order chi connectivity index (χ0) is 18.2. The van der Waals surface area contributed by atoms with Gasteiger partial charge in [-0.3, -0.25) is 9.69 Å². The van der Waals surface area contributed by atoms with Crippen molar-refractivity contribution in [1.82, 2.24) is 4.90 Å². The van der Waals surface area contributed by atoms with Gasteiger partial charge in [-0.25, -0.2) is 8.78 Å². The Morgan fingerprint density at radius 3 is 2.48 bits per heavy atom. The number of carbonyl (C=O) groups is 1. The summed E-state index contributed by atoms with van der Waals surface area (Å²) in [5.74, 6) is -0.917. The quantitative estimate of drug-likeness (QED) is 0.775. The zero-order valence-corrected chi connectivity index (χ0v) is 14.0. The number of rotatable bonds is 7. The third-order valence-electron chi connectivity index (χ3n) is 3.63. The van der Waals surface area contributed by atoms with Gasteiger partial charge in [0, 0.05) is 18.8 Å². The summed E-state index contributed by atoms with van der Waals surface area (Å²) in [4.78, 5) is 15.8. The lowest BCUT2D eigenvalue weighted by molar-refractivity contribution is -0.119. The fourth-order valence-corrected chi connectivity index (χ4v) is 2.50. The first-order valence-corrected chi connectivity index (χ1v) is 7.85. The van der Waals surface area contributed by atoms with Crippen LogP contribution in [0.15, 0.2) is 48.5 Å². The maximum atomic E-state index is 13.2. The zero-order valence-electron chi connectivity index (χ0n) is 14.0. The van der Waals surface area contributed by atoms with E-state index >= 15 is 0 Å². The molecule has 4 nitrogen and oxygen atoms in total. The van der Waals surface area contributed by atoms with Gasteiger partial charge in [0.15, 0.2) is 0 Å². The van der Waals surface area contributed by atoms with E-state index in [1.807, 2.05) is 6.07 Å². The normalized spacial score (nSPS) is 10.5. The summed E-state index contributed by atoms with van der Waals surface area (Å²) in [5, 5.41) is 8.80. The molecule has 25 heavy (non-hydrogen) atoms. The van der Waals surface area contributed by atoms with Crippen molar-refractivity contribution < 1.29 is 13.6 Å². The number of carbonyl (C=O) groups excluding carboxylic acids is 1. The van der Waals surface area contributed by atoms with Crippen molar-refractivity contribution in [2.24, 2.45) is 0 Å². The molecule has 0 atom stereocenters. The minimum Gasteiger partial charge on any atom is -0.310 e. The molecule has 0 aliphatic rings. The Morgan fingerprint density at radius 1 is 1.12 bits per heavy atom. The molecule has 0 spiro atoms. The van der Waals surface area contributed by atoms with Crippen LogP contribution in [0.3, 0.4) is 0 Å². The fraction of sp³-hybridized carbons (Fsp3) is 0.263. The summed E-state index contributed by atoms with van der Waals surface area (Å²) in [6.45, 7) is 0.743. The van der Waals surface area contributed by atoms with E-state index in [1.165, 1.54) is 41.3 Å². The van der Waals surface area contributed by atoms with E-state index in [9.17, 15) is 13.6 Å². The second kappa shape index (κ2) is 8.90. The number of hydrogen-bond acceptors (Lipinski definition) is 3. The van der Waals surface area contributed by atoms with Gasteiger partial charge in [0.25, 0.3) is 0 Å². The van der Waals surface area contributed by atoms with Crippen LogP contribution in [0.2, 0.25) is 0 Å². The Bertz CT molecular complexity index is 756. The van der Waals surface area contributed by atoms with E-state index in [2.05, 4.69) is 0 Å². The Morgan fingerprint density at radius 2 is 1.84 bits per heavy atom. The highest BCUT2D eigenvalue weighted by Crippen LogP contribution is 2.16. The highest BCUT2D eigenvalue weighted by atomic mass is 19.1. The van der Waals surface area contributed by atoms with Gasteiger partial charge in [0.1, 0.15) is 11.6 Å². The van der Waals surface area contributed by atoms with Crippen molar-refractivity contribution in [3.8, 4) is 6.07 Å². The van der Waals surface area contributed by atoms with Crippen molar-refractivity contribution >= 4 is 11.6 Å². The van der Waals surface area contributed by atoms with Crippen molar-refractivity contribution in [3.63, 3.8) is 0 Å². The fourth-order valence-electron chi connectivity index (χ4n) is 2.50. The number of hydrogen-bond donors (Lipinski definition) is 0. The Balaban J connectivity index is 2.05. The summed E-state index contributed by atoms with van der Waals surface area (Å²) < 4.78 is 26.3. The van der Waals surface area contributed by atoms with Crippen molar-refractivity contribution in [1.29, 1.82) is 5.26 Å². The van der Waals surface area contributed by atoms with Crippen LogP contribution in [-0.4, -0.2) is 30.9 Å². The van der Waals surface area contributed by atoms with Crippen LogP contribution >= 0.6 is 0 Å². The summed E-state index contributed by atoms with van der Waals surface area (Å²) in [5.41, 5.74) is 1.31. The molecular formula is C19H19F2N3O. The molecular weight excluding hydrogens is 324 g/mol. The molecule has 0 fully saturated rings. The van der Waals surface area contributed by atoms with Gasteiger partial charge in [-0.2, -0.15) is 5.26 Å². The molecule has 2 aromatic carbocycles. The third kappa shape index (κ3) is 5.66. The highest BCUT2D eigenvalue weighted by molar-refractivity contribution is 5.94. The molecule has 0 heterocycles. The molecule has 2 aromatic rings. The first kappa shape index (κ1) is 18.6. The number of nitriles is 1. The smallest absolute Gasteiger partial charge is 0.241 e. The average molecular weight is 343 g/mol. The molecule has 0 saturated carbocycles. The van der Waals surface area contributed by atoms with Crippen LogP contribution in [0.1, 0.15) is 12.0 Å². The first-order chi connectivity index (χ1) is 12.0. The number of benzene rings is 2. The summed E-state index contributed by atoms with van der Waals surface area (Å²) in [6, 6.07) is 13.8. The number of nitrogens with zero attached hydrogens (tertiary/aromatic N) is 3. The molecule has 130 valence electrons. The van der Waals surface area contributed by atoms with E-state index in [1.54, 1.807) is 24.1 Å². The van der Waals surface area contributed by atoms with Crippen LogP contribution in [0.5, 0.6) is 0 Å². The standard InChI is InChI=1S/C19H19F2N3O/c1-23(13-15-4-2-5-17(21)12-15)14-19(25)24(11-3-10-22)18-8-6-16(20)7-9-18/h2,4-9,12H,3,11,13-14H2,1H3. The first-order valence-electron chi connectivity index (χ1n) is 7.85. The van der Waals surface area contributed by atoms with E-state index in [4.69, 9.17) is 5.26 Å². The predicted molar refractivity (Wildman–Crippen MR) is 91.7 cm³/mol. The van der Waals surface area contributed by atoms with Gasteiger partial charge < -0.3 is 4.90 Å². The number of likely N-dealkylation sites (N-methyl/N-ethyl adjacent to an activating group) is 1. The van der Waals surface area contributed by atoms with Gasteiger partial charge in [-0.05, 0) is 49.0 Å². The SMILES string of the molecule is CN(CC(=O)N(CCC#N)c1ccc(F)cc1)Cc1cccc(F)c1. The van der Waals surface area contributed by atoms with Gasteiger partial charge in [-0.1, -0.05) is 12.1 Å². The number of amides is 1. The minimum absolute atomic E-state index is 0.0965. The van der Waals surface area contributed by atoms with Gasteiger partial charge >= 0.3 is 0 Å². The van der Waals surface area contributed by atoms with E-state index in [0.717, 1.165) is 5.56 Å². The van der Waals surface area contributed by atoms with Gasteiger partial charge in [0.2, 0.25) is 5.91 Å². The summed E-state index contributed by atoms with van der Waals surface area (Å²) >= 11 is 0. The monoisotopic (exact) mass is 343 g/mol. The van der Waals surface area contributed by atoms with Crippen molar-refractivity contribution in [2.45, 2.75) is 13.0 Å². The number of anilines is 1. The predicted octanol–water partition coefficient (Wildman–Crippen LogP) is 3.34. The lowest BCUT2D eigenvalue weighted by Gasteiger charge is -2.25. The molecule has 0 radical (unpaired) electrons. The van der Waals surface area contributed by atoms with Gasteiger partial charge in [-0.15, -0.1) is 0 Å². The second-order valence-corrected chi connectivity index (χ2v) is 5.73. The molecule has 0 aromatic heterocycles. The molecule has 0 bridgehead atoms. The van der Waals surface area contributed by atoms with Crippen LogP contribution in [0, 0.1) is 23.0 Å². The maximum Gasteiger partial charge on any atom is 0.241 e. The Kier molecular flexibility index (Phi) is 6.61. The third-order valence-corrected chi connectivity index (χ3v) is 3.63. The molecule has 6 heteroatoms. The topological polar surface area (TPSA) is 47.3 Å². The molecule has 0 saturated heterocycles.